The molecule has 100 valence electrons. The van der Waals surface area contributed by atoms with Gasteiger partial charge < -0.3 is 10.6 Å². The minimum absolute atomic E-state index is 0.358. The Hall–Kier alpha value is -0.970. The van der Waals surface area contributed by atoms with Gasteiger partial charge in [0, 0.05) is 23.9 Å². The van der Waals surface area contributed by atoms with Crippen molar-refractivity contribution >= 4 is 23.4 Å². The van der Waals surface area contributed by atoms with Crippen molar-refractivity contribution in [2.75, 3.05) is 29.5 Å². The zero-order valence-electron chi connectivity index (χ0n) is 11.4. The molecule has 0 amide bonds. The second-order valence-electron chi connectivity index (χ2n) is 4.97. The fraction of sp³-hybridized carbons (Fsp3) is 0.692. The van der Waals surface area contributed by atoms with Crippen LogP contribution in [0.15, 0.2) is 6.07 Å². The largest absolute Gasteiger partial charge is 0.370 e. The molecule has 0 aromatic carbocycles. The van der Waals surface area contributed by atoms with E-state index in [1.54, 1.807) is 0 Å². The number of aromatic nitrogens is 2. The molecule has 2 heterocycles. The van der Waals surface area contributed by atoms with Crippen LogP contribution in [0.4, 0.5) is 11.6 Å². The van der Waals surface area contributed by atoms with Crippen molar-refractivity contribution in [2.24, 2.45) is 0 Å². The van der Waals surface area contributed by atoms with Crippen LogP contribution in [0.5, 0.6) is 0 Å². The number of rotatable bonds is 5. The van der Waals surface area contributed by atoms with Crippen LogP contribution in [0.25, 0.3) is 0 Å². The molecular weight excluding hydrogens is 244 g/mol. The molecule has 1 unspecified atom stereocenters. The van der Waals surface area contributed by atoms with Gasteiger partial charge in [0.15, 0.2) is 0 Å². The SMILES string of the molecule is CCNc1cc(NCC2(C)CCCS2)nc(C)n1. The van der Waals surface area contributed by atoms with E-state index in [9.17, 15) is 0 Å². The number of nitrogens with zero attached hydrogens (tertiary/aromatic N) is 2. The highest BCUT2D eigenvalue weighted by Gasteiger charge is 2.29. The van der Waals surface area contributed by atoms with E-state index in [1.165, 1.54) is 18.6 Å². The summed E-state index contributed by atoms with van der Waals surface area (Å²) in [5.41, 5.74) is 0. The molecule has 0 radical (unpaired) electrons. The van der Waals surface area contributed by atoms with Crippen molar-refractivity contribution in [1.29, 1.82) is 0 Å². The first kappa shape index (κ1) is 13.5. The molecule has 2 rings (SSSR count). The summed E-state index contributed by atoms with van der Waals surface area (Å²) >= 11 is 2.06. The lowest BCUT2D eigenvalue weighted by molar-refractivity contribution is 0.633. The fourth-order valence-electron chi connectivity index (χ4n) is 2.18. The summed E-state index contributed by atoms with van der Waals surface area (Å²) in [7, 11) is 0. The highest BCUT2D eigenvalue weighted by atomic mass is 32.2. The summed E-state index contributed by atoms with van der Waals surface area (Å²) in [6, 6.07) is 1.99. The quantitative estimate of drug-likeness (QED) is 0.858. The Morgan fingerprint density at radius 1 is 1.33 bits per heavy atom. The molecule has 1 aromatic heterocycles. The van der Waals surface area contributed by atoms with E-state index in [1.807, 2.05) is 13.0 Å². The molecular formula is C13H22N4S. The molecule has 1 aliphatic rings. The molecule has 1 fully saturated rings. The lowest BCUT2D eigenvalue weighted by Crippen LogP contribution is -2.27. The highest BCUT2D eigenvalue weighted by molar-refractivity contribution is 8.00. The predicted molar refractivity (Wildman–Crippen MR) is 79.5 cm³/mol. The zero-order chi connectivity index (χ0) is 13.0. The van der Waals surface area contributed by atoms with Crippen LogP contribution in [0, 0.1) is 6.92 Å². The number of aryl methyl sites for hydroxylation is 1. The third-order valence-electron chi connectivity index (χ3n) is 3.14. The molecule has 0 spiro atoms. The smallest absolute Gasteiger partial charge is 0.131 e. The molecule has 18 heavy (non-hydrogen) atoms. The van der Waals surface area contributed by atoms with Gasteiger partial charge in [0.1, 0.15) is 17.5 Å². The number of anilines is 2. The van der Waals surface area contributed by atoms with E-state index < -0.39 is 0 Å². The Morgan fingerprint density at radius 3 is 2.67 bits per heavy atom. The first-order valence-corrected chi connectivity index (χ1v) is 7.57. The molecule has 1 aliphatic heterocycles. The lowest BCUT2D eigenvalue weighted by atomic mass is 10.1. The molecule has 0 bridgehead atoms. The van der Waals surface area contributed by atoms with E-state index in [2.05, 4.69) is 46.2 Å². The van der Waals surface area contributed by atoms with Gasteiger partial charge in [-0.2, -0.15) is 11.8 Å². The molecule has 0 aliphatic carbocycles. The second kappa shape index (κ2) is 5.78. The van der Waals surface area contributed by atoms with Crippen molar-refractivity contribution < 1.29 is 0 Å². The van der Waals surface area contributed by atoms with Gasteiger partial charge in [-0.05, 0) is 39.4 Å². The first-order chi connectivity index (χ1) is 8.61. The summed E-state index contributed by atoms with van der Waals surface area (Å²) in [4.78, 5) is 8.79. The van der Waals surface area contributed by atoms with Crippen LogP contribution < -0.4 is 10.6 Å². The van der Waals surface area contributed by atoms with Crippen LogP contribution in [0.3, 0.4) is 0 Å². The highest BCUT2D eigenvalue weighted by Crippen LogP contribution is 2.37. The molecule has 1 atom stereocenters. The maximum Gasteiger partial charge on any atom is 0.131 e. The third-order valence-corrected chi connectivity index (χ3v) is 4.68. The summed E-state index contributed by atoms with van der Waals surface area (Å²) in [5, 5.41) is 6.68. The minimum atomic E-state index is 0.358. The van der Waals surface area contributed by atoms with Crippen molar-refractivity contribution in [3.05, 3.63) is 11.9 Å². The minimum Gasteiger partial charge on any atom is -0.370 e. The number of hydrogen-bond donors (Lipinski definition) is 2. The Bertz CT molecular complexity index is 402. The summed E-state index contributed by atoms with van der Waals surface area (Å²) < 4.78 is 0.358. The van der Waals surface area contributed by atoms with Gasteiger partial charge in [-0.25, -0.2) is 9.97 Å². The van der Waals surface area contributed by atoms with Gasteiger partial charge in [-0.15, -0.1) is 0 Å². The topological polar surface area (TPSA) is 49.8 Å². The van der Waals surface area contributed by atoms with Crippen LogP contribution >= 0.6 is 11.8 Å². The lowest BCUT2D eigenvalue weighted by Gasteiger charge is -2.23. The van der Waals surface area contributed by atoms with Crippen molar-refractivity contribution in [3.63, 3.8) is 0 Å². The average Bonchev–Trinajstić information content (AvgIpc) is 2.74. The maximum atomic E-state index is 4.44. The van der Waals surface area contributed by atoms with Gasteiger partial charge in [0.25, 0.3) is 0 Å². The van der Waals surface area contributed by atoms with E-state index >= 15 is 0 Å². The van der Waals surface area contributed by atoms with Crippen LogP contribution in [0.2, 0.25) is 0 Å². The molecule has 5 heteroatoms. The second-order valence-corrected chi connectivity index (χ2v) is 6.65. The van der Waals surface area contributed by atoms with Gasteiger partial charge in [0.2, 0.25) is 0 Å². The van der Waals surface area contributed by atoms with Crippen molar-refractivity contribution in [3.8, 4) is 0 Å². The summed E-state index contributed by atoms with van der Waals surface area (Å²) in [6.07, 6.45) is 2.61. The Labute approximate surface area is 113 Å². The normalized spacial score (nSPS) is 23.1. The average molecular weight is 266 g/mol. The van der Waals surface area contributed by atoms with Gasteiger partial charge >= 0.3 is 0 Å². The number of thioether (sulfide) groups is 1. The Balaban J connectivity index is 2.00. The van der Waals surface area contributed by atoms with Crippen molar-refractivity contribution in [2.45, 2.75) is 38.4 Å². The van der Waals surface area contributed by atoms with E-state index in [0.717, 1.165) is 30.5 Å². The molecule has 4 nitrogen and oxygen atoms in total. The van der Waals surface area contributed by atoms with Gasteiger partial charge in [0.05, 0.1) is 0 Å². The molecule has 2 N–H and O–H groups in total. The standard InChI is InChI=1S/C13H22N4S/c1-4-14-11-8-12(17-10(2)16-11)15-9-13(3)6-5-7-18-13/h8H,4-7,9H2,1-3H3,(H2,14,15,16,17). The first-order valence-electron chi connectivity index (χ1n) is 6.59. The van der Waals surface area contributed by atoms with Crippen LogP contribution in [-0.4, -0.2) is 33.6 Å². The van der Waals surface area contributed by atoms with Crippen LogP contribution in [0.1, 0.15) is 32.5 Å². The van der Waals surface area contributed by atoms with Gasteiger partial charge in [-0.1, -0.05) is 0 Å². The van der Waals surface area contributed by atoms with Crippen LogP contribution in [-0.2, 0) is 0 Å². The zero-order valence-corrected chi connectivity index (χ0v) is 12.2. The fourth-order valence-corrected chi connectivity index (χ4v) is 3.43. The monoisotopic (exact) mass is 266 g/mol. The predicted octanol–water partition coefficient (Wildman–Crippen LogP) is 2.91. The number of nitrogens with one attached hydrogen (secondary N) is 2. The summed E-state index contributed by atoms with van der Waals surface area (Å²) in [6.45, 7) is 8.18. The summed E-state index contributed by atoms with van der Waals surface area (Å²) in [5.74, 6) is 3.91. The van der Waals surface area contributed by atoms with E-state index in [-0.39, 0.29) is 0 Å². The van der Waals surface area contributed by atoms with E-state index in [0.29, 0.717) is 4.75 Å². The Kier molecular flexibility index (Phi) is 4.32. The number of hydrogen-bond acceptors (Lipinski definition) is 5. The molecule has 0 saturated carbocycles. The maximum absolute atomic E-state index is 4.44. The van der Waals surface area contributed by atoms with Gasteiger partial charge in [-0.3, -0.25) is 0 Å². The van der Waals surface area contributed by atoms with E-state index in [4.69, 9.17) is 0 Å². The van der Waals surface area contributed by atoms with Crippen molar-refractivity contribution in [1.82, 2.24) is 9.97 Å². The molecule has 1 aromatic rings. The third kappa shape index (κ3) is 3.51. The molecule has 1 saturated heterocycles. The Morgan fingerprint density at radius 2 is 2.06 bits per heavy atom.